The number of unbranched alkanes of at least 4 members (excludes halogenated alkanes) is 19. The number of allylic oxidation sites excluding steroid dienone is 24. The standard InChI is InChI=1S/C70H112O6/c1-4-7-10-13-16-19-22-25-28-30-32-33-34-35-36-37-38-40-42-45-48-51-54-57-60-63-69(72)75-66-67(65-74-68(71)62-59-56-53-50-47-44-41-27-24-21-18-15-12-9-6-3)76-70(73)64-61-58-55-52-49-46-43-39-31-29-26-23-20-17-14-11-8-5-2/h7,9-10,12,16,18-19,21,25,27-29,31-33,35-36,38,40-41,45,47-48,50,67H,4-6,8,11,13-15,17,20,22-24,26,30,34,37,39,42-44,46,49,51-66H2,1-3H3/b10-7-,12-9-,19-16-,21-18-,28-25-,31-29-,33-32-,36-35-,40-38-,41-27-,48-45-,50-47-. The summed E-state index contributed by atoms with van der Waals surface area (Å²) in [6.07, 6.45) is 89.9. The van der Waals surface area contributed by atoms with Gasteiger partial charge in [0, 0.05) is 19.3 Å². The molecule has 0 aromatic heterocycles. The van der Waals surface area contributed by atoms with Crippen LogP contribution in [0.1, 0.15) is 258 Å². The molecule has 0 aromatic rings. The number of carbonyl (C=O) groups is 3. The molecule has 0 fully saturated rings. The predicted octanol–water partition coefficient (Wildman–Crippen LogP) is 21.2. The average Bonchev–Trinajstić information content (AvgIpc) is 3.42. The third-order valence-corrected chi connectivity index (χ3v) is 12.6. The van der Waals surface area contributed by atoms with E-state index in [4.69, 9.17) is 14.2 Å². The predicted molar refractivity (Wildman–Crippen MR) is 329 cm³/mol. The fourth-order valence-electron chi connectivity index (χ4n) is 8.00. The van der Waals surface area contributed by atoms with Crippen molar-refractivity contribution in [3.8, 4) is 0 Å². The summed E-state index contributed by atoms with van der Waals surface area (Å²) in [5, 5.41) is 0. The molecule has 6 nitrogen and oxygen atoms in total. The van der Waals surface area contributed by atoms with Crippen molar-refractivity contribution in [1.82, 2.24) is 0 Å². The molecule has 0 amide bonds. The summed E-state index contributed by atoms with van der Waals surface area (Å²) in [6.45, 7) is 6.34. The van der Waals surface area contributed by atoms with Crippen LogP contribution in [0.4, 0.5) is 0 Å². The Morgan fingerprint density at radius 1 is 0.276 bits per heavy atom. The maximum Gasteiger partial charge on any atom is 0.306 e. The van der Waals surface area contributed by atoms with Crippen LogP contribution >= 0.6 is 0 Å². The Morgan fingerprint density at radius 2 is 0.513 bits per heavy atom. The van der Waals surface area contributed by atoms with Crippen molar-refractivity contribution in [3.63, 3.8) is 0 Å². The molecule has 6 heteroatoms. The molecule has 0 heterocycles. The van der Waals surface area contributed by atoms with Gasteiger partial charge in [-0.3, -0.25) is 14.4 Å². The largest absolute Gasteiger partial charge is 0.462 e. The number of ether oxygens (including phenoxy) is 3. The zero-order chi connectivity index (χ0) is 55.0. The van der Waals surface area contributed by atoms with E-state index in [0.717, 1.165) is 128 Å². The lowest BCUT2D eigenvalue weighted by Crippen LogP contribution is -2.30. The van der Waals surface area contributed by atoms with Gasteiger partial charge in [-0.15, -0.1) is 0 Å². The highest BCUT2D eigenvalue weighted by Gasteiger charge is 2.19. The van der Waals surface area contributed by atoms with E-state index >= 15 is 0 Å². The molecule has 1 atom stereocenters. The van der Waals surface area contributed by atoms with Crippen molar-refractivity contribution < 1.29 is 28.6 Å². The van der Waals surface area contributed by atoms with Crippen molar-refractivity contribution in [2.24, 2.45) is 0 Å². The van der Waals surface area contributed by atoms with Crippen molar-refractivity contribution in [2.75, 3.05) is 13.2 Å². The highest BCUT2D eigenvalue weighted by Crippen LogP contribution is 2.14. The minimum atomic E-state index is -0.819. The number of esters is 3. The molecule has 76 heavy (non-hydrogen) atoms. The summed E-state index contributed by atoms with van der Waals surface area (Å²) in [4.78, 5) is 38.3. The molecule has 0 aliphatic carbocycles. The van der Waals surface area contributed by atoms with E-state index in [2.05, 4.69) is 167 Å². The highest BCUT2D eigenvalue weighted by atomic mass is 16.6. The van der Waals surface area contributed by atoms with Gasteiger partial charge in [0.15, 0.2) is 6.10 Å². The minimum Gasteiger partial charge on any atom is -0.462 e. The number of hydrogen-bond acceptors (Lipinski definition) is 6. The Morgan fingerprint density at radius 3 is 0.855 bits per heavy atom. The maximum absolute atomic E-state index is 12.9. The van der Waals surface area contributed by atoms with E-state index in [1.807, 2.05) is 0 Å². The fraction of sp³-hybridized carbons (Fsp3) is 0.614. The maximum atomic E-state index is 12.9. The average molecular weight is 1050 g/mol. The van der Waals surface area contributed by atoms with Crippen molar-refractivity contribution >= 4 is 17.9 Å². The van der Waals surface area contributed by atoms with Crippen LogP contribution in [0, 0.1) is 0 Å². The van der Waals surface area contributed by atoms with Gasteiger partial charge in [-0.25, -0.2) is 0 Å². The molecule has 1 unspecified atom stereocenters. The van der Waals surface area contributed by atoms with E-state index in [1.54, 1.807) is 0 Å². The smallest absolute Gasteiger partial charge is 0.306 e. The SMILES string of the molecule is CC/C=C\C/C=C\C/C=C\C/C=C\C/C=C\C/C=C\C/C=C\CCCCCC(=O)OCC(COC(=O)CCCC/C=C\C/C=C\C/C=C\C/C=C\CC)OC(=O)CCCCCCCCC/C=C\CCCCCCCCC. The Balaban J connectivity index is 4.51. The zero-order valence-electron chi connectivity index (χ0n) is 49.0. The van der Waals surface area contributed by atoms with Gasteiger partial charge in [-0.05, 0) is 141 Å². The Hall–Kier alpha value is -4.71. The van der Waals surface area contributed by atoms with Crippen LogP contribution in [-0.2, 0) is 28.6 Å². The van der Waals surface area contributed by atoms with Gasteiger partial charge < -0.3 is 14.2 Å². The van der Waals surface area contributed by atoms with Gasteiger partial charge in [0.05, 0.1) is 0 Å². The first-order valence-electron chi connectivity index (χ1n) is 30.8. The molecule has 0 aliphatic rings. The molecule has 0 rings (SSSR count). The van der Waals surface area contributed by atoms with Crippen LogP contribution in [-0.4, -0.2) is 37.2 Å². The molecular weight excluding hydrogens is 937 g/mol. The zero-order valence-corrected chi connectivity index (χ0v) is 49.0. The monoisotopic (exact) mass is 1050 g/mol. The molecule has 0 saturated carbocycles. The normalized spacial score (nSPS) is 13.1. The van der Waals surface area contributed by atoms with Gasteiger partial charge in [0.2, 0.25) is 0 Å². The Labute approximate surface area is 467 Å². The second-order valence-electron chi connectivity index (χ2n) is 19.8. The summed E-state index contributed by atoms with van der Waals surface area (Å²) in [6, 6.07) is 0. The van der Waals surface area contributed by atoms with Gasteiger partial charge in [-0.2, -0.15) is 0 Å². The number of carbonyl (C=O) groups excluding carboxylic acids is 3. The van der Waals surface area contributed by atoms with E-state index in [1.165, 1.54) is 83.5 Å². The van der Waals surface area contributed by atoms with Crippen molar-refractivity contribution in [3.05, 3.63) is 146 Å². The molecule has 0 N–H and O–H groups in total. The molecule has 0 aromatic carbocycles. The van der Waals surface area contributed by atoms with Gasteiger partial charge in [-0.1, -0.05) is 244 Å². The van der Waals surface area contributed by atoms with Crippen molar-refractivity contribution in [1.29, 1.82) is 0 Å². The van der Waals surface area contributed by atoms with E-state index in [-0.39, 0.29) is 31.1 Å². The van der Waals surface area contributed by atoms with Gasteiger partial charge in [0.1, 0.15) is 13.2 Å². The molecular formula is C70H112O6. The molecule has 0 radical (unpaired) electrons. The quantitative estimate of drug-likeness (QED) is 0.0261. The summed E-state index contributed by atoms with van der Waals surface area (Å²) in [7, 11) is 0. The third kappa shape index (κ3) is 60.2. The van der Waals surface area contributed by atoms with E-state index in [9.17, 15) is 14.4 Å². The number of hydrogen-bond donors (Lipinski definition) is 0. The summed E-state index contributed by atoms with van der Waals surface area (Å²) in [5.74, 6) is -0.994. The van der Waals surface area contributed by atoms with Crippen LogP contribution in [0.25, 0.3) is 0 Å². The van der Waals surface area contributed by atoms with E-state index in [0.29, 0.717) is 25.7 Å². The molecule has 0 spiro atoms. The van der Waals surface area contributed by atoms with Crippen LogP contribution in [0.3, 0.4) is 0 Å². The topological polar surface area (TPSA) is 78.9 Å². The van der Waals surface area contributed by atoms with E-state index < -0.39 is 6.10 Å². The number of rotatable bonds is 54. The minimum absolute atomic E-state index is 0.116. The summed E-state index contributed by atoms with van der Waals surface area (Å²) < 4.78 is 16.8. The lowest BCUT2D eigenvalue weighted by atomic mass is 10.1. The summed E-state index contributed by atoms with van der Waals surface area (Å²) in [5.41, 5.74) is 0. The molecule has 428 valence electrons. The highest BCUT2D eigenvalue weighted by molar-refractivity contribution is 5.71. The Kier molecular flexibility index (Phi) is 58.9. The first kappa shape index (κ1) is 71.3. The van der Waals surface area contributed by atoms with Crippen LogP contribution in [0.5, 0.6) is 0 Å². The van der Waals surface area contributed by atoms with Crippen molar-refractivity contribution in [2.45, 2.75) is 264 Å². The second kappa shape index (κ2) is 62.8. The van der Waals surface area contributed by atoms with Crippen LogP contribution in [0.2, 0.25) is 0 Å². The van der Waals surface area contributed by atoms with Gasteiger partial charge >= 0.3 is 17.9 Å². The first-order chi connectivity index (χ1) is 37.5. The molecule has 0 bridgehead atoms. The van der Waals surface area contributed by atoms with Gasteiger partial charge in [0.25, 0.3) is 0 Å². The van der Waals surface area contributed by atoms with Crippen LogP contribution in [0.15, 0.2) is 146 Å². The fourth-order valence-corrected chi connectivity index (χ4v) is 8.00. The lowest BCUT2D eigenvalue weighted by Gasteiger charge is -2.18. The lowest BCUT2D eigenvalue weighted by molar-refractivity contribution is -0.167. The second-order valence-corrected chi connectivity index (χ2v) is 19.8. The molecule has 0 saturated heterocycles. The Bertz CT molecular complexity index is 1680. The first-order valence-corrected chi connectivity index (χ1v) is 30.8. The third-order valence-electron chi connectivity index (χ3n) is 12.6. The summed E-state index contributed by atoms with van der Waals surface area (Å²) >= 11 is 0. The molecule has 0 aliphatic heterocycles. The van der Waals surface area contributed by atoms with Crippen LogP contribution < -0.4 is 0 Å².